The molecule has 3 rings (SSSR count). The van der Waals surface area contributed by atoms with E-state index in [1.165, 1.54) is 0 Å². The molecule has 0 saturated carbocycles. The van der Waals surface area contributed by atoms with E-state index in [2.05, 4.69) is 34.2 Å². The van der Waals surface area contributed by atoms with Crippen LogP contribution in [0.25, 0.3) is 11.0 Å². The second-order valence-corrected chi connectivity index (χ2v) is 6.08. The van der Waals surface area contributed by atoms with Gasteiger partial charge in [-0.05, 0) is 31.5 Å². The first-order valence-electron chi connectivity index (χ1n) is 6.92. The zero-order valence-corrected chi connectivity index (χ0v) is 13.7. The standard InChI is InChI=1S/C15H15Cl2N5/c1-9(2)22-8-14-13(21-22)7-19-15(20-14)18-6-10-3-4-11(16)12(17)5-10/h3-5,7-9H,6H2,1-2H3,(H,18,20). The van der Waals surface area contributed by atoms with Gasteiger partial charge in [0.15, 0.2) is 0 Å². The van der Waals surface area contributed by atoms with Gasteiger partial charge in [0.2, 0.25) is 5.95 Å². The molecule has 0 aliphatic carbocycles. The van der Waals surface area contributed by atoms with Crippen LogP contribution in [0.1, 0.15) is 25.5 Å². The van der Waals surface area contributed by atoms with Crippen molar-refractivity contribution >= 4 is 40.2 Å². The summed E-state index contributed by atoms with van der Waals surface area (Å²) in [6, 6.07) is 5.81. The third-order valence-corrected chi connectivity index (χ3v) is 3.98. The lowest BCUT2D eigenvalue weighted by Crippen LogP contribution is -2.03. The lowest BCUT2D eigenvalue weighted by molar-refractivity contribution is 0.537. The van der Waals surface area contributed by atoms with Crippen molar-refractivity contribution in [3.05, 3.63) is 46.2 Å². The summed E-state index contributed by atoms with van der Waals surface area (Å²) in [5, 5.41) is 8.69. The number of rotatable bonds is 4. The van der Waals surface area contributed by atoms with Gasteiger partial charge < -0.3 is 5.32 Å². The van der Waals surface area contributed by atoms with E-state index >= 15 is 0 Å². The first kappa shape index (κ1) is 15.1. The molecule has 0 amide bonds. The third kappa shape index (κ3) is 3.15. The Hall–Kier alpha value is -1.85. The normalized spacial score (nSPS) is 11.3. The average Bonchev–Trinajstić information content (AvgIpc) is 2.92. The molecule has 114 valence electrons. The molecule has 0 aliphatic heterocycles. The molecule has 5 nitrogen and oxygen atoms in total. The average molecular weight is 336 g/mol. The van der Waals surface area contributed by atoms with Crippen molar-refractivity contribution in [2.24, 2.45) is 0 Å². The molecule has 3 aromatic rings. The second kappa shape index (κ2) is 6.10. The van der Waals surface area contributed by atoms with Gasteiger partial charge in [0.25, 0.3) is 0 Å². The van der Waals surface area contributed by atoms with Gasteiger partial charge >= 0.3 is 0 Å². The largest absolute Gasteiger partial charge is 0.350 e. The van der Waals surface area contributed by atoms with Crippen molar-refractivity contribution in [2.45, 2.75) is 26.4 Å². The maximum Gasteiger partial charge on any atom is 0.223 e. The summed E-state index contributed by atoms with van der Waals surface area (Å²) in [6.45, 7) is 4.71. The van der Waals surface area contributed by atoms with E-state index in [-0.39, 0.29) is 0 Å². The van der Waals surface area contributed by atoms with Crippen LogP contribution >= 0.6 is 23.2 Å². The highest BCUT2D eigenvalue weighted by molar-refractivity contribution is 6.42. The Morgan fingerprint density at radius 2 is 2.00 bits per heavy atom. The minimum atomic E-state index is 0.293. The van der Waals surface area contributed by atoms with Crippen LogP contribution in [0.15, 0.2) is 30.6 Å². The van der Waals surface area contributed by atoms with Crippen LogP contribution in [0, 0.1) is 0 Å². The molecule has 0 atom stereocenters. The van der Waals surface area contributed by atoms with Crippen molar-refractivity contribution in [1.29, 1.82) is 0 Å². The van der Waals surface area contributed by atoms with Crippen molar-refractivity contribution in [1.82, 2.24) is 19.7 Å². The van der Waals surface area contributed by atoms with Crippen molar-refractivity contribution in [3.63, 3.8) is 0 Å². The van der Waals surface area contributed by atoms with E-state index in [9.17, 15) is 0 Å². The van der Waals surface area contributed by atoms with Crippen molar-refractivity contribution in [3.8, 4) is 0 Å². The van der Waals surface area contributed by atoms with E-state index in [1.54, 1.807) is 12.3 Å². The summed E-state index contributed by atoms with van der Waals surface area (Å²) in [7, 11) is 0. The Bertz CT molecular complexity index is 813. The second-order valence-electron chi connectivity index (χ2n) is 5.27. The fourth-order valence-corrected chi connectivity index (χ4v) is 2.34. The van der Waals surface area contributed by atoms with Crippen molar-refractivity contribution < 1.29 is 0 Å². The smallest absolute Gasteiger partial charge is 0.223 e. The molecule has 0 saturated heterocycles. The lowest BCUT2D eigenvalue weighted by atomic mass is 10.2. The first-order chi connectivity index (χ1) is 10.5. The molecule has 0 fully saturated rings. The van der Waals surface area contributed by atoms with Gasteiger partial charge in [-0.1, -0.05) is 29.3 Å². The molecule has 1 N–H and O–H groups in total. The third-order valence-electron chi connectivity index (χ3n) is 3.24. The highest BCUT2D eigenvalue weighted by Gasteiger charge is 2.07. The molecule has 2 heterocycles. The zero-order chi connectivity index (χ0) is 15.7. The van der Waals surface area contributed by atoms with Gasteiger partial charge in [-0.2, -0.15) is 5.10 Å². The Labute approximate surface area is 138 Å². The maximum absolute atomic E-state index is 6.00. The molecule has 0 radical (unpaired) electrons. The molecule has 7 heteroatoms. The number of aromatic nitrogens is 4. The lowest BCUT2D eigenvalue weighted by Gasteiger charge is -2.05. The molecular weight excluding hydrogens is 321 g/mol. The number of fused-ring (bicyclic) bond motifs is 1. The summed E-state index contributed by atoms with van der Waals surface area (Å²) in [5.74, 6) is 0.557. The van der Waals surface area contributed by atoms with Gasteiger partial charge in [-0.15, -0.1) is 0 Å². The molecule has 1 aromatic carbocycles. The highest BCUT2D eigenvalue weighted by Crippen LogP contribution is 2.23. The molecule has 0 spiro atoms. The molecule has 0 aliphatic rings. The number of nitrogens with zero attached hydrogens (tertiary/aromatic N) is 4. The quantitative estimate of drug-likeness (QED) is 0.771. The van der Waals surface area contributed by atoms with E-state index < -0.39 is 0 Å². The van der Waals surface area contributed by atoms with E-state index in [0.717, 1.165) is 16.6 Å². The van der Waals surface area contributed by atoms with Crippen LogP contribution in [0.5, 0.6) is 0 Å². The number of hydrogen-bond donors (Lipinski definition) is 1. The number of benzene rings is 1. The highest BCUT2D eigenvalue weighted by atomic mass is 35.5. The zero-order valence-electron chi connectivity index (χ0n) is 12.2. The van der Waals surface area contributed by atoms with Crippen LogP contribution in [-0.4, -0.2) is 19.7 Å². The summed E-state index contributed by atoms with van der Waals surface area (Å²) in [6.07, 6.45) is 3.64. The van der Waals surface area contributed by atoms with Crippen molar-refractivity contribution in [2.75, 3.05) is 5.32 Å². The Morgan fingerprint density at radius 1 is 1.18 bits per heavy atom. The maximum atomic E-state index is 6.00. The molecule has 0 bridgehead atoms. The van der Waals surface area contributed by atoms with Gasteiger partial charge in [0, 0.05) is 12.6 Å². The van der Waals surface area contributed by atoms with Crippen LogP contribution in [0.3, 0.4) is 0 Å². The van der Waals surface area contributed by atoms with E-state index in [4.69, 9.17) is 23.2 Å². The Kier molecular flexibility index (Phi) is 4.18. The molecule has 2 aromatic heterocycles. The van der Waals surface area contributed by atoms with E-state index in [1.807, 2.05) is 23.0 Å². The summed E-state index contributed by atoms with van der Waals surface area (Å²) < 4.78 is 1.88. The number of hydrogen-bond acceptors (Lipinski definition) is 4. The predicted molar refractivity (Wildman–Crippen MR) is 89.5 cm³/mol. The molecule has 0 unspecified atom stereocenters. The van der Waals surface area contributed by atoms with Crippen LogP contribution in [0.2, 0.25) is 10.0 Å². The van der Waals surface area contributed by atoms with Gasteiger partial charge in [0.1, 0.15) is 11.0 Å². The Morgan fingerprint density at radius 3 is 2.73 bits per heavy atom. The fraction of sp³-hybridized carbons (Fsp3) is 0.267. The fourth-order valence-electron chi connectivity index (χ4n) is 2.02. The molecule has 22 heavy (non-hydrogen) atoms. The number of anilines is 1. The predicted octanol–water partition coefficient (Wildman–Crippen LogP) is 4.33. The van der Waals surface area contributed by atoms with Gasteiger partial charge in [-0.25, -0.2) is 9.97 Å². The monoisotopic (exact) mass is 335 g/mol. The minimum absolute atomic E-state index is 0.293. The van der Waals surface area contributed by atoms with Gasteiger partial charge in [0.05, 0.1) is 22.4 Å². The summed E-state index contributed by atoms with van der Waals surface area (Å²) >= 11 is 11.9. The Balaban J connectivity index is 1.77. The summed E-state index contributed by atoms with van der Waals surface area (Å²) in [4.78, 5) is 8.75. The van der Waals surface area contributed by atoms with Gasteiger partial charge in [-0.3, -0.25) is 4.68 Å². The molecular formula is C15H15Cl2N5. The topological polar surface area (TPSA) is 55.6 Å². The number of halogens is 2. The first-order valence-corrected chi connectivity index (χ1v) is 7.68. The van der Waals surface area contributed by atoms with Crippen LogP contribution in [-0.2, 0) is 6.54 Å². The minimum Gasteiger partial charge on any atom is -0.350 e. The van der Waals surface area contributed by atoms with Crippen LogP contribution in [0.4, 0.5) is 5.95 Å². The number of nitrogens with one attached hydrogen (secondary N) is 1. The SMILES string of the molecule is CC(C)n1cc2nc(NCc3ccc(Cl)c(Cl)c3)ncc2n1. The summed E-state index contributed by atoms with van der Waals surface area (Å²) in [5.41, 5.74) is 2.62. The van der Waals surface area contributed by atoms with E-state index in [0.29, 0.717) is 28.6 Å². The van der Waals surface area contributed by atoms with Crippen LogP contribution < -0.4 is 5.32 Å².